The molecule has 0 spiro atoms. The van der Waals surface area contributed by atoms with Gasteiger partial charge in [-0.3, -0.25) is 0 Å². The van der Waals surface area contributed by atoms with Gasteiger partial charge in [-0.05, 0) is 35.9 Å². The number of aromatic amines is 1. The Morgan fingerprint density at radius 1 is 1.05 bits per heavy atom. The van der Waals surface area contributed by atoms with E-state index in [4.69, 9.17) is 23.2 Å². The summed E-state index contributed by atoms with van der Waals surface area (Å²) in [5, 5.41) is 1.27. The molecule has 0 aliphatic carbocycles. The molecule has 0 fully saturated rings. The molecule has 0 radical (unpaired) electrons. The highest BCUT2D eigenvalue weighted by Crippen LogP contribution is 2.23. The predicted octanol–water partition coefficient (Wildman–Crippen LogP) is 4.95. The summed E-state index contributed by atoms with van der Waals surface area (Å²) < 4.78 is 0. The first kappa shape index (κ1) is 12.3. The molecule has 3 aromatic rings. The number of fused-ring (bicyclic) bond motifs is 1. The molecule has 0 amide bonds. The molecule has 0 bridgehead atoms. The van der Waals surface area contributed by atoms with Crippen molar-refractivity contribution in [3.63, 3.8) is 0 Å². The summed E-state index contributed by atoms with van der Waals surface area (Å²) in [5.41, 5.74) is 2.86. The highest BCUT2D eigenvalue weighted by molar-refractivity contribution is 6.50. The first-order valence-electron chi connectivity index (χ1n) is 5.80. The Morgan fingerprint density at radius 3 is 2.53 bits per heavy atom. The van der Waals surface area contributed by atoms with Crippen LogP contribution in [0.2, 0.25) is 5.02 Å². The second kappa shape index (κ2) is 5.08. The number of hydrogen-bond acceptors (Lipinski definition) is 1. The number of H-pyrrole nitrogens is 1. The van der Waals surface area contributed by atoms with Crippen LogP contribution in [0.4, 0.5) is 0 Å². The quantitative estimate of drug-likeness (QED) is 0.710. The van der Waals surface area contributed by atoms with E-state index in [0.717, 1.165) is 16.6 Å². The highest BCUT2D eigenvalue weighted by Gasteiger charge is 2.05. The van der Waals surface area contributed by atoms with Crippen LogP contribution >= 0.6 is 23.2 Å². The Labute approximate surface area is 120 Å². The van der Waals surface area contributed by atoms with Crippen molar-refractivity contribution in [1.82, 2.24) is 9.97 Å². The molecule has 1 aromatic heterocycles. The zero-order valence-electron chi connectivity index (χ0n) is 9.90. The van der Waals surface area contributed by atoms with E-state index in [2.05, 4.69) is 9.97 Å². The third kappa shape index (κ3) is 2.65. The molecule has 0 saturated carbocycles. The fourth-order valence-electron chi connectivity index (χ4n) is 1.84. The molecule has 4 heteroatoms. The SMILES string of the molecule is ClC(=Cc1ccc(Cl)cc1)c1nc2ccccc2[nH]1. The van der Waals surface area contributed by atoms with Crippen LogP contribution in [0.25, 0.3) is 22.1 Å². The highest BCUT2D eigenvalue weighted by atomic mass is 35.5. The van der Waals surface area contributed by atoms with Crippen LogP contribution in [0.5, 0.6) is 0 Å². The van der Waals surface area contributed by atoms with Crippen LogP contribution < -0.4 is 0 Å². The third-order valence-corrected chi connectivity index (χ3v) is 3.32. The minimum atomic E-state index is 0.568. The Morgan fingerprint density at radius 2 is 1.79 bits per heavy atom. The number of rotatable bonds is 2. The van der Waals surface area contributed by atoms with Gasteiger partial charge in [-0.15, -0.1) is 0 Å². The Hall–Kier alpha value is -1.77. The Balaban J connectivity index is 1.98. The van der Waals surface area contributed by atoms with Crippen LogP contribution in [0.1, 0.15) is 11.4 Å². The third-order valence-electron chi connectivity index (χ3n) is 2.78. The largest absolute Gasteiger partial charge is 0.337 e. The molecule has 0 unspecified atom stereocenters. The number of nitrogens with zero attached hydrogens (tertiary/aromatic N) is 1. The van der Waals surface area contributed by atoms with E-state index in [-0.39, 0.29) is 0 Å². The second-order valence-electron chi connectivity index (χ2n) is 4.15. The van der Waals surface area contributed by atoms with E-state index in [1.807, 2.05) is 54.6 Å². The van der Waals surface area contributed by atoms with Gasteiger partial charge < -0.3 is 4.98 Å². The van der Waals surface area contributed by atoms with E-state index in [9.17, 15) is 0 Å². The van der Waals surface area contributed by atoms with Gasteiger partial charge in [-0.1, -0.05) is 47.5 Å². The normalized spacial score (nSPS) is 12.0. The number of benzene rings is 2. The molecule has 3 rings (SSSR count). The molecule has 0 atom stereocenters. The molecule has 1 heterocycles. The zero-order valence-corrected chi connectivity index (χ0v) is 11.4. The van der Waals surface area contributed by atoms with Gasteiger partial charge in [0.2, 0.25) is 0 Å². The van der Waals surface area contributed by atoms with Gasteiger partial charge in [0.25, 0.3) is 0 Å². The molecule has 19 heavy (non-hydrogen) atoms. The molecule has 1 N–H and O–H groups in total. The van der Waals surface area contributed by atoms with Gasteiger partial charge in [-0.25, -0.2) is 4.98 Å². The van der Waals surface area contributed by atoms with Crippen molar-refractivity contribution in [1.29, 1.82) is 0 Å². The fourth-order valence-corrected chi connectivity index (χ4v) is 2.18. The van der Waals surface area contributed by atoms with Crippen molar-refractivity contribution in [2.45, 2.75) is 0 Å². The second-order valence-corrected chi connectivity index (χ2v) is 4.99. The number of imidazole rings is 1. The fraction of sp³-hybridized carbons (Fsp3) is 0. The van der Waals surface area contributed by atoms with Crippen molar-refractivity contribution >= 4 is 45.3 Å². The van der Waals surface area contributed by atoms with Crippen LogP contribution in [0, 0.1) is 0 Å². The number of halogens is 2. The molecule has 0 aliphatic heterocycles. The molecular weight excluding hydrogens is 279 g/mol. The lowest BCUT2D eigenvalue weighted by Crippen LogP contribution is -1.80. The van der Waals surface area contributed by atoms with Crippen LogP contribution in [0.15, 0.2) is 48.5 Å². The van der Waals surface area contributed by atoms with Crippen LogP contribution in [-0.4, -0.2) is 9.97 Å². The van der Waals surface area contributed by atoms with Gasteiger partial charge in [0, 0.05) is 5.02 Å². The minimum absolute atomic E-state index is 0.568. The van der Waals surface area contributed by atoms with Crippen molar-refractivity contribution in [3.05, 3.63) is 64.9 Å². The maximum absolute atomic E-state index is 6.29. The smallest absolute Gasteiger partial charge is 0.150 e. The maximum Gasteiger partial charge on any atom is 0.150 e. The van der Waals surface area contributed by atoms with Crippen molar-refractivity contribution in [2.24, 2.45) is 0 Å². The Bertz CT molecular complexity index is 709. The minimum Gasteiger partial charge on any atom is -0.337 e. The number of para-hydroxylation sites is 2. The average molecular weight is 289 g/mol. The monoisotopic (exact) mass is 288 g/mol. The topological polar surface area (TPSA) is 28.7 Å². The Kier molecular flexibility index (Phi) is 3.28. The predicted molar refractivity (Wildman–Crippen MR) is 81.3 cm³/mol. The van der Waals surface area contributed by atoms with E-state index in [1.54, 1.807) is 0 Å². The molecular formula is C15H10Cl2N2. The van der Waals surface area contributed by atoms with E-state index < -0.39 is 0 Å². The summed E-state index contributed by atoms with van der Waals surface area (Å²) in [6.45, 7) is 0. The summed E-state index contributed by atoms with van der Waals surface area (Å²) >= 11 is 12.1. The molecule has 0 aliphatic rings. The summed E-state index contributed by atoms with van der Waals surface area (Å²) in [6, 6.07) is 15.3. The van der Waals surface area contributed by atoms with E-state index >= 15 is 0 Å². The van der Waals surface area contributed by atoms with Crippen molar-refractivity contribution in [3.8, 4) is 0 Å². The lowest BCUT2D eigenvalue weighted by molar-refractivity contribution is 1.29. The first-order chi connectivity index (χ1) is 9.22. The summed E-state index contributed by atoms with van der Waals surface area (Å²) in [7, 11) is 0. The van der Waals surface area contributed by atoms with Gasteiger partial charge >= 0.3 is 0 Å². The lowest BCUT2D eigenvalue weighted by atomic mass is 10.2. The van der Waals surface area contributed by atoms with Gasteiger partial charge in [0.15, 0.2) is 0 Å². The molecule has 2 aromatic carbocycles. The van der Waals surface area contributed by atoms with E-state index in [0.29, 0.717) is 15.9 Å². The van der Waals surface area contributed by atoms with Crippen LogP contribution in [-0.2, 0) is 0 Å². The molecule has 2 nitrogen and oxygen atoms in total. The van der Waals surface area contributed by atoms with Gasteiger partial charge in [0.1, 0.15) is 5.82 Å². The van der Waals surface area contributed by atoms with Crippen LogP contribution in [0.3, 0.4) is 0 Å². The number of hydrogen-bond donors (Lipinski definition) is 1. The number of aromatic nitrogens is 2. The maximum atomic E-state index is 6.29. The van der Waals surface area contributed by atoms with E-state index in [1.165, 1.54) is 0 Å². The average Bonchev–Trinajstić information content (AvgIpc) is 2.85. The zero-order chi connectivity index (χ0) is 13.2. The lowest BCUT2D eigenvalue weighted by Gasteiger charge is -1.96. The first-order valence-corrected chi connectivity index (χ1v) is 6.56. The van der Waals surface area contributed by atoms with Gasteiger partial charge in [0.05, 0.1) is 16.1 Å². The molecule has 94 valence electrons. The molecule has 0 saturated heterocycles. The van der Waals surface area contributed by atoms with Crippen molar-refractivity contribution in [2.75, 3.05) is 0 Å². The standard InChI is InChI=1S/C15H10Cl2N2/c16-11-7-5-10(6-8-11)9-12(17)15-18-13-3-1-2-4-14(13)19-15/h1-9H,(H,18,19). The van der Waals surface area contributed by atoms with Crippen molar-refractivity contribution < 1.29 is 0 Å². The number of nitrogens with one attached hydrogen (secondary N) is 1. The summed E-state index contributed by atoms with van der Waals surface area (Å²) in [6.07, 6.45) is 1.86. The van der Waals surface area contributed by atoms with Gasteiger partial charge in [-0.2, -0.15) is 0 Å². The summed E-state index contributed by atoms with van der Waals surface area (Å²) in [5.74, 6) is 0.665. The summed E-state index contributed by atoms with van der Waals surface area (Å²) in [4.78, 5) is 7.63.